The van der Waals surface area contributed by atoms with Gasteiger partial charge in [0.05, 0.1) is 0 Å². The van der Waals surface area contributed by atoms with Gasteiger partial charge in [-0.2, -0.15) is 0 Å². The van der Waals surface area contributed by atoms with Crippen molar-refractivity contribution in [1.29, 1.82) is 0 Å². The second kappa shape index (κ2) is 4.46. The molecule has 0 saturated heterocycles. The van der Waals surface area contributed by atoms with Crippen LogP contribution in [-0.4, -0.2) is 5.91 Å². The van der Waals surface area contributed by atoms with E-state index in [4.69, 9.17) is 16.0 Å². The summed E-state index contributed by atoms with van der Waals surface area (Å²) in [7, 11) is 0. The minimum absolute atomic E-state index is 0.123. The third-order valence-electron chi connectivity index (χ3n) is 2.71. The first-order valence-corrected chi connectivity index (χ1v) is 5.79. The molecule has 0 aliphatic carbocycles. The van der Waals surface area contributed by atoms with Gasteiger partial charge in [0.15, 0.2) is 0 Å². The van der Waals surface area contributed by atoms with E-state index in [1.54, 1.807) is 12.1 Å². The minimum atomic E-state index is -0.571. The van der Waals surface area contributed by atoms with Crippen LogP contribution in [0.1, 0.15) is 18.1 Å². The number of amides is 1. The van der Waals surface area contributed by atoms with Crippen molar-refractivity contribution in [2.24, 2.45) is 0 Å². The molecule has 5 heteroatoms. The van der Waals surface area contributed by atoms with E-state index in [0.717, 1.165) is 11.1 Å². The van der Waals surface area contributed by atoms with E-state index in [0.29, 0.717) is 16.0 Å². The summed E-state index contributed by atoms with van der Waals surface area (Å²) in [4.78, 5) is 22.7. The van der Waals surface area contributed by atoms with Crippen molar-refractivity contribution < 1.29 is 9.21 Å². The monoisotopic (exact) mass is 265 g/mol. The highest BCUT2D eigenvalue weighted by atomic mass is 35.5. The molecule has 2 aromatic rings. The summed E-state index contributed by atoms with van der Waals surface area (Å²) in [5.74, 6) is -0.322. The van der Waals surface area contributed by atoms with Crippen molar-refractivity contribution in [2.75, 3.05) is 5.32 Å². The molecule has 0 saturated carbocycles. The molecule has 18 heavy (non-hydrogen) atoms. The number of anilines is 1. The van der Waals surface area contributed by atoms with Crippen molar-refractivity contribution in [3.05, 3.63) is 38.7 Å². The van der Waals surface area contributed by atoms with Gasteiger partial charge >= 0.3 is 5.63 Å². The first-order chi connectivity index (χ1) is 8.40. The Morgan fingerprint density at radius 2 is 2.00 bits per heavy atom. The van der Waals surface area contributed by atoms with Gasteiger partial charge < -0.3 is 9.73 Å². The highest BCUT2D eigenvalue weighted by Gasteiger charge is 2.11. The number of hydrogen-bond acceptors (Lipinski definition) is 3. The van der Waals surface area contributed by atoms with Gasteiger partial charge in [-0.25, -0.2) is 4.79 Å². The van der Waals surface area contributed by atoms with Crippen molar-refractivity contribution >= 4 is 34.2 Å². The topological polar surface area (TPSA) is 59.3 Å². The summed E-state index contributed by atoms with van der Waals surface area (Å²) in [5, 5.41) is 3.78. The van der Waals surface area contributed by atoms with Gasteiger partial charge in [-0.1, -0.05) is 11.6 Å². The average molecular weight is 266 g/mol. The third kappa shape index (κ3) is 2.11. The largest absolute Gasteiger partial charge is 0.421 e. The molecule has 0 atom stereocenters. The first-order valence-electron chi connectivity index (χ1n) is 5.41. The summed E-state index contributed by atoms with van der Waals surface area (Å²) in [5.41, 5.74) is 1.68. The van der Waals surface area contributed by atoms with E-state index in [2.05, 4.69) is 5.32 Å². The number of fused-ring (bicyclic) bond motifs is 1. The average Bonchev–Trinajstić information content (AvgIpc) is 2.28. The maximum Gasteiger partial charge on any atom is 0.360 e. The number of halogens is 1. The van der Waals surface area contributed by atoms with Gasteiger partial charge in [-0.05, 0) is 37.1 Å². The number of nitrogens with one attached hydrogen (secondary N) is 1. The summed E-state index contributed by atoms with van der Waals surface area (Å²) < 4.78 is 5.18. The molecule has 0 fully saturated rings. The number of hydrogen-bond donors (Lipinski definition) is 1. The number of rotatable bonds is 1. The fourth-order valence-corrected chi connectivity index (χ4v) is 1.99. The molecule has 1 N–H and O–H groups in total. The number of carbonyl (C=O) groups is 1. The Kier molecular flexibility index (Phi) is 3.13. The molecule has 0 aliphatic rings. The summed E-state index contributed by atoms with van der Waals surface area (Å²) in [6.45, 7) is 5.02. The SMILES string of the molecule is CC(=O)Nc1cc2c(C)c(Cl)c(C)cc2oc1=O. The highest BCUT2D eigenvalue weighted by molar-refractivity contribution is 6.33. The predicted octanol–water partition coefficient (Wildman–Crippen LogP) is 3.02. The van der Waals surface area contributed by atoms with Crippen molar-refractivity contribution in [3.63, 3.8) is 0 Å². The predicted molar refractivity (Wildman–Crippen MR) is 71.3 cm³/mol. The lowest BCUT2D eigenvalue weighted by Gasteiger charge is -2.08. The van der Waals surface area contributed by atoms with E-state index in [1.807, 2.05) is 13.8 Å². The second-order valence-corrected chi connectivity index (χ2v) is 4.55. The zero-order chi connectivity index (χ0) is 13.4. The Bertz CT molecular complexity index is 703. The summed E-state index contributed by atoms with van der Waals surface area (Å²) >= 11 is 6.15. The fraction of sp³-hybridized carbons (Fsp3) is 0.231. The Labute approximate surface area is 109 Å². The van der Waals surface area contributed by atoms with Gasteiger partial charge in [0.1, 0.15) is 11.3 Å². The zero-order valence-corrected chi connectivity index (χ0v) is 11.0. The first kappa shape index (κ1) is 12.6. The second-order valence-electron chi connectivity index (χ2n) is 4.17. The Hall–Kier alpha value is -1.81. The molecule has 1 heterocycles. The van der Waals surface area contributed by atoms with Crippen LogP contribution >= 0.6 is 11.6 Å². The van der Waals surface area contributed by atoms with Crippen molar-refractivity contribution in [1.82, 2.24) is 0 Å². The van der Waals surface area contributed by atoms with Crippen LogP contribution in [0.4, 0.5) is 5.69 Å². The molecule has 0 unspecified atom stereocenters. The lowest BCUT2D eigenvalue weighted by atomic mass is 10.1. The smallest absolute Gasteiger partial charge is 0.360 e. The maximum absolute atomic E-state index is 11.7. The molecule has 0 radical (unpaired) electrons. The van der Waals surface area contributed by atoms with Crippen LogP contribution in [0.2, 0.25) is 5.02 Å². The summed E-state index contributed by atoms with van der Waals surface area (Å²) in [6.07, 6.45) is 0. The highest BCUT2D eigenvalue weighted by Crippen LogP contribution is 2.29. The van der Waals surface area contributed by atoms with Gasteiger partial charge in [-0.3, -0.25) is 4.79 Å². The fourth-order valence-electron chi connectivity index (χ4n) is 1.84. The standard InChI is InChI=1S/C13H12ClNO3/c1-6-4-11-9(7(2)12(6)14)5-10(13(17)18-11)15-8(3)16/h4-5H,1-3H3,(H,15,16). The molecule has 1 aromatic carbocycles. The molecule has 4 nitrogen and oxygen atoms in total. The number of carbonyl (C=O) groups excluding carboxylic acids is 1. The minimum Gasteiger partial charge on any atom is -0.421 e. The van der Waals surface area contributed by atoms with Gasteiger partial charge in [-0.15, -0.1) is 0 Å². The van der Waals surface area contributed by atoms with Crippen LogP contribution in [0.3, 0.4) is 0 Å². The lowest BCUT2D eigenvalue weighted by Crippen LogP contribution is -2.14. The van der Waals surface area contributed by atoms with Gasteiger partial charge in [0, 0.05) is 17.3 Å². The van der Waals surface area contributed by atoms with E-state index in [-0.39, 0.29) is 11.6 Å². The Morgan fingerprint density at radius 1 is 1.33 bits per heavy atom. The zero-order valence-electron chi connectivity index (χ0n) is 10.3. The Morgan fingerprint density at radius 3 is 2.61 bits per heavy atom. The molecular formula is C13H12ClNO3. The van der Waals surface area contributed by atoms with Crippen LogP contribution in [0.25, 0.3) is 11.0 Å². The van der Waals surface area contributed by atoms with Crippen molar-refractivity contribution in [3.8, 4) is 0 Å². The molecule has 2 rings (SSSR count). The maximum atomic E-state index is 11.7. The van der Waals surface area contributed by atoms with Crippen LogP contribution in [0, 0.1) is 13.8 Å². The molecular weight excluding hydrogens is 254 g/mol. The third-order valence-corrected chi connectivity index (χ3v) is 3.30. The Balaban J connectivity index is 2.77. The van der Waals surface area contributed by atoms with Gasteiger partial charge in [0.25, 0.3) is 0 Å². The molecule has 1 aromatic heterocycles. The molecule has 0 bridgehead atoms. The number of benzene rings is 1. The van der Waals surface area contributed by atoms with E-state index < -0.39 is 5.63 Å². The molecule has 94 valence electrons. The van der Waals surface area contributed by atoms with Crippen LogP contribution < -0.4 is 10.9 Å². The van der Waals surface area contributed by atoms with Crippen LogP contribution in [0.15, 0.2) is 21.3 Å². The summed E-state index contributed by atoms with van der Waals surface area (Å²) in [6, 6.07) is 3.30. The van der Waals surface area contributed by atoms with Gasteiger partial charge in [0.2, 0.25) is 5.91 Å². The molecule has 0 aliphatic heterocycles. The van der Waals surface area contributed by atoms with Crippen LogP contribution in [-0.2, 0) is 4.79 Å². The van der Waals surface area contributed by atoms with Crippen LogP contribution in [0.5, 0.6) is 0 Å². The van der Waals surface area contributed by atoms with E-state index >= 15 is 0 Å². The quantitative estimate of drug-likeness (QED) is 0.807. The normalized spacial score (nSPS) is 10.7. The van der Waals surface area contributed by atoms with E-state index in [9.17, 15) is 9.59 Å². The molecule has 1 amide bonds. The number of aryl methyl sites for hydroxylation is 2. The van der Waals surface area contributed by atoms with Crippen molar-refractivity contribution in [2.45, 2.75) is 20.8 Å². The molecule has 0 spiro atoms. The van der Waals surface area contributed by atoms with E-state index in [1.165, 1.54) is 6.92 Å². The lowest BCUT2D eigenvalue weighted by molar-refractivity contribution is -0.114.